The van der Waals surface area contributed by atoms with E-state index in [1.165, 1.54) is 0 Å². The first kappa shape index (κ1) is 9.31. The molecule has 0 aromatic heterocycles. The molecule has 3 N–H and O–H groups in total. The van der Waals surface area contributed by atoms with E-state index in [0.29, 0.717) is 0 Å². The van der Waals surface area contributed by atoms with E-state index in [-0.39, 0.29) is 0 Å². The Hall–Kier alpha value is -1.26. The van der Waals surface area contributed by atoms with Gasteiger partial charge in [0.25, 0.3) is 0 Å². The fraction of sp³-hybridized carbons (Fsp3) is 0.200. The van der Waals surface area contributed by atoms with Crippen molar-refractivity contribution in [3.05, 3.63) is 35.9 Å². The third-order valence-corrected chi connectivity index (χ3v) is 2.43. The van der Waals surface area contributed by atoms with Crippen LogP contribution in [0.2, 0.25) is 0 Å². The Bertz CT molecular complexity index is 378. The van der Waals surface area contributed by atoms with Crippen molar-refractivity contribution in [2.45, 2.75) is 12.4 Å². The Kier molecular flexibility index (Phi) is 2.09. The Morgan fingerprint density at radius 2 is 2.29 bits per heavy atom. The lowest BCUT2D eigenvalue weighted by molar-refractivity contribution is 0.378. The molecule has 71 valence electrons. The smallest absolute Gasteiger partial charge is 0.425 e. The Labute approximate surface area is 83.2 Å². The molecule has 1 atom stereocenters. The van der Waals surface area contributed by atoms with Crippen molar-refractivity contribution in [3.63, 3.8) is 0 Å². The number of anilines is 1. The first-order valence-electron chi connectivity index (χ1n) is 4.46. The highest BCUT2D eigenvalue weighted by Gasteiger charge is 2.36. The average Bonchev–Trinajstić information content (AvgIpc) is 2.17. The van der Waals surface area contributed by atoms with Gasteiger partial charge in [0.2, 0.25) is 0 Å². The molecule has 0 bridgehead atoms. The molecule has 4 heteroatoms. The van der Waals surface area contributed by atoms with Crippen LogP contribution < -0.4 is 5.32 Å². The van der Waals surface area contributed by atoms with Gasteiger partial charge in [-0.05, 0) is 12.5 Å². The van der Waals surface area contributed by atoms with Crippen LogP contribution in [0.15, 0.2) is 24.3 Å². The zero-order chi connectivity index (χ0) is 10.2. The Morgan fingerprint density at radius 3 is 3.00 bits per heavy atom. The number of hydrogen-bond acceptors (Lipinski definition) is 3. The fourth-order valence-electron chi connectivity index (χ4n) is 1.42. The highest BCUT2D eigenvalue weighted by Crippen LogP contribution is 2.27. The van der Waals surface area contributed by atoms with Crippen LogP contribution in [-0.2, 0) is 0 Å². The van der Waals surface area contributed by atoms with E-state index < -0.39 is 12.6 Å². The van der Waals surface area contributed by atoms with Gasteiger partial charge in [-0.1, -0.05) is 30.4 Å². The van der Waals surface area contributed by atoms with Crippen LogP contribution in [0.25, 0.3) is 6.08 Å². The summed E-state index contributed by atoms with van der Waals surface area (Å²) >= 11 is 0. The van der Waals surface area contributed by atoms with Gasteiger partial charge in [-0.25, -0.2) is 0 Å². The predicted octanol–water partition coefficient (Wildman–Crippen LogP) is 0.696. The van der Waals surface area contributed by atoms with Gasteiger partial charge in [0, 0.05) is 11.8 Å². The van der Waals surface area contributed by atoms with Crippen LogP contribution in [0, 0.1) is 6.07 Å². The topological polar surface area (TPSA) is 52.5 Å². The van der Waals surface area contributed by atoms with E-state index >= 15 is 0 Å². The van der Waals surface area contributed by atoms with Crippen LogP contribution in [-0.4, -0.2) is 22.6 Å². The van der Waals surface area contributed by atoms with Crippen molar-refractivity contribution in [1.29, 1.82) is 0 Å². The van der Waals surface area contributed by atoms with E-state index in [0.717, 1.165) is 11.3 Å². The van der Waals surface area contributed by atoms with Crippen molar-refractivity contribution >= 4 is 18.9 Å². The van der Waals surface area contributed by atoms with E-state index in [2.05, 4.69) is 11.4 Å². The number of rotatable bonds is 1. The molecule has 1 aromatic carbocycles. The monoisotopic (exact) mass is 188 g/mol. The summed E-state index contributed by atoms with van der Waals surface area (Å²) in [5.74, 6) is 0. The molecule has 0 saturated heterocycles. The van der Waals surface area contributed by atoms with Crippen molar-refractivity contribution in [2.75, 3.05) is 5.32 Å². The summed E-state index contributed by atoms with van der Waals surface area (Å²) in [6.45, 7) is 1.72. The molecular weight excluding hydrogens is 177 g/mol. The van der Waals surface area contributed by atoms with Crippen LogP contribution in [0.1, 0.15) is 12.5 Å². The predicted molar refractivity (Wildman–Crippen MR) is 56.5 cm³/mol. The third kappa shape index (κ3) is 1.43. The molecule has 0 spiro atoms. The van der Waals surface area contributed by atoms with Crippen LogP contribution in [0.4, 0.5) is 5.69 Å². The normalized spacial score (nSPS) is 23.9. The van der Waals surface area contributed by atoms with Gasteiger partial charge >= 0.3 is 7.12 Å². The molecule has 3 nitrogen and oxygen atoms in total. The van der Waals surface area contributed by atoms with Gasteiger partial charge in [-0.15, -0.1) is 0 Å². The maximum absolute atomic E-state index is 9.19. The van der Waals surface area contributed by atoms with Gasteiger partial charge in [0.15, 0.2) is 0 Å². The summed E-state index contributed by atoms with van der Waals surface area (Å²) < 4.78 is 0. The minimum absolute atomic E-state index is 0.797. The molecule has 1 aliphatic rings. The van der Waals surface area contributed by atoms with E-state index in [9.17, 15) is 10.0 Å². The number of para-hydroxylation sites is 1. The zero-order valence-corrected chi connectivity index (χ0v) is 7.86. The Morgan fingerprint density at radius 1 is 1.50 bits per heavy atom. The number of hydrogen-bond donors (Lipinski definition) is 3. The first-order valence-corrected chi connectivity index (χ1v) is 4.46. The molecule has 1 radical (unpaired) electrons. The molecule has 0 amide bonds. The second-order valence-corrected chi connectivity index (χ2v) is 3.62. The number of fused-ring (bicyclic) bond motifs is 1. The van der Waals surface area contributed by atoms with Gasteiger partial charge in [-0.2, -0.15) is 0 Å². The summed E-state index contributed by atoms with van der Waals surface area (Å²) in [6, 6.07) is 8.64. The maximum atomic E-state index is 9.19. The first-order chi connectivity index (χ1) is 6.62. The van der Waals surface area contributed by atoms with Crippen LogP contribution in [0.3, 0.4) is 0 Å². The molecule has 1 aromatic rings. The lowest BCUT2D eigenvalue weighted by Gasteiger charge is -2.31. The molecular formula is C10H11BNO2. The van der Waals surface area contributed by atoms with Crippen molar-refractivity contribution in [1.82, 2.24) is 0 Å². The molecule has 0 fully saturated rings. The number of benzene rings is 1. The van der Waals surface area contributed by atoms with E-state index in [4.69, 9.17) is 0 Å². The minimum atomic E-state index is -1.43. The maximum Gasteiger partial charge on any atom is 0.482 e. The molecule has 1 unspecified atom stereocenters. The summed E-state index contributed by atoms with van der Waals surface area (Å²) in [4.78, 5) is 0. The number of nitrogens with one attached hydrogen (secondary N) is 1. The molecule has 2 rings (SSSR count). The largest absolute Gasteiger partial charge is 0.482 e. The quantitative estimate of drug-likeness (QED) is 0.568. The van der Waals surface area contributed by atoms with Gasteiger partial charge in [0.1, 0.15) is 0 Å². The van der Waals surface area contributed by atoms with Crippen LogP contribution >= 0.6 is 0 Å². The van der Waals surface area contributed by atoms with E-state index in [1.807, 2.05) is 18.2 Å². The van der Waals surface area contributed by atoms with Crippen molar-refractivity contribution in [3.8, 4) is 0 Å². The zero-order valence-electron chi connectivity index (χ0n) is 7.86. The van der Waals surface area contributed by atoms with Crippen LogP contribution in [0.5, 0.6) is 0 Å². The SMILES string of the molecule is CC1(B(O)O)C=Cc2ccc[c]c2N1. The van der Waals surface area contributed by atoms with Gasteiger partial charge in [-0.3, -0.25) is 0 Å². The summed E-state index contributed by atoms with van der Waals surface area (Å²) in [7, 11) is -1.43. The lowest BCUT2D eigenvalue weighted by Crippen LogP contribution is -2.49. The summed E-state index contributed by atoms with van der Waals surface area (Å²) in [5, 5.41) is 21.4. The molecule has 1 heterocycles. The molecule has 14 heavy (non-hydrogen) atoms. The summed E-state index contributed by atoms with van der Waals surface area (Å²) in [5.41, 5.74) is 0.974. The van der Waals surface area contributed by atoms with Gasteiger partial charge < -0.3 is 15.4 Å². The fourth-order valence-corrected chi connectivity index (χ4v) is 1.42. The highest BCUT2D eigenvalue weighted by molar-refractivity contribution is 6.47. The molecule has 1 aliphatic heterocycles. The summed E-state index contributed by atoms with van der Waals surface area (Å²) in [6.07, 6.45) is 3.61. The van der Waals surface area contributed by atoms with E-state index in [1.54, 1.807) is 19.1 Å². The van der Waals surface area contributed by atoms with Gasteiger partial charge in [0.05, 0.1) is 5.44 Å². The standard InChI is InChI=1S/C10H11BNO2/c1-10(11(13)14)7-6-8-4-2-3-5-9(8)12-10/h2-4,6-7,12-14H,1H3. The van der Waals surface area contributed by atoms with Crippen molar-refractivity contribution < 1.29 is 10.0 Å². The third-order valence-electron chi connectivity index (χ3n) is 2.43. The second kappa shape index (κ2) is 3.15. The average molecular weight is 188 g/mol. The van der Waals surface area contributed by atoms with Crippen molar-refractivity contribution in [2.24, 2.45) is 0 Å². The molecule has 0 aliphatic carbocycles. The molecule has 0 saturated carbocycles. The minimum Gasteiger partial charge on any atom is -0.425 e. The second-order valence-electron chi connectivity index (χ2n) is 3.62. The lowest BCUT2D eigenvalue weighted by atomic mass is 9.65. The highest BCUT2D eigenvalue weighted by atomic mass is 16.4. The Balaban J connectivity index is 2.38.